The monoisotopic (exact) mass is 228 g/mol. The van der Waals surface area contributed by atoms with Crippen LogP contribution in [0.1, 0.15) is 47.5 Å². The molecule has 0 heterocycles. The molecule has 0 aromatic rings. The molecule has 0 fully saturated rings. The summed E-state index contributed by atoms with van der Waals surface area (Å²) in [5.41, 5.74) is 0. The molecule has 16 heavy (non-hydrogen) atoms. The first kappa shape index (κ1) is 15.9. The molecule has 0 saturated heterocycles. The average Bonchev–Trinajstić information content (AvgIpc) is 2.23. The maximum Gasteiger partial charge on any atom is 0.0189 e. The van der Waals surface area contributed by atoms with Crippen molar-refractivity contribution in [3.63, 3.8) is 0 Å². The van der Waals surface area contributed by atoms with Gasteiger partial charge in [-0.25, -0.2) is 0 Å². The van der Waals surface area contributed by atoms with Crippen molar-refractivity contribution in [2.45, 2.75) is 53.5 Å². The van der Waals surface area contributed by atoms with Crippen LogP contribution < -0.4 is 5.32 Å². The van der Waals surface area contributed by atoms with Gasteiger partial charge in [-0.3, -0.25) is 0 Å². The Bertz CT molecular complexity index is 157. The van der Waals surface area contributed by atoms with Gasteiger partial charge in [-0.05, 0) is 38.8 Å². The summed E-state index contributed by atoms with van der Waals surface area (Å²) in [5.74, 6) is 1.61. The molecule has 0 aromatic heterocycles. The summed E-state index contributed by atoms with van der Waals surface area (Å²) < 4.78 is 0. The van der Waals surface area contributed by atoms with Gasteiger partial charge < -0.3 is 10.2 Å². The zero-order chi connectivity index (χ0) is 12.6. The largest absolute Gasteiger partial charge is 0.315 e. The van der Waals surface area contributed by atoms with Gasteiger partial charge >= 0.3 is 0 Å². The molecule has 0 saturated carbocycles. The molecule has 1 N–H and O–H groups in total. The fourth-order valence-corrected chi connectivity index (χ4v) is 1.66. The highest BCUT2D eigenvalue weighted by atomic mass is 15.1. The third kappa shape index (κ3) is 8.12. The topological polar surface area (TPSA) is 15.3 Å². The maximum atomic E-state index is 3.55. The van der Waals surface area contributed by atoms with Crippen molar-refractivity contribution in [3.8, 4) is 0 Å². The van der Waals surface area contributed by atoms with Crippen LogP contribution in [0.2, 0.25) is 0 Å². The smallest absolute Gasteiger partial charge is 0.0189 e. The molecule has 0 rings (SSSR count). The molecule has 0 spiro atoms. The molecular formula is C14H32N2. The molecule has 0 radical (unpaired) electrons. The summed E-state index contributed by atoms with van der Waals surface area (Å²) in [7, 11) is 2.24. The summed E-state index contributed by atoms with van der Waals surface area (Å²) in [6.07, 6.45) is 2.56. The lowest BCUT2D eigenvalue weighted by Gasteiger charge is -2.27. The third-order valence-corrected chi connectivity index (χ3v) is 3.39. The number of hydrogen-bond donors (Lipinski definition) is 1. The predicted octanol–water partition coefficient (Wildman–Crippen LogP) is 2.99. The highest BCUT2D eigenvalue weighted by Crippen LogP contribution is 2.05. The first-order valence-electron chi connectivity index (χ1n) is 6.88. The molecule has 2 unspecified atom stereocenters. The van der Waals surface area contributed by atoms with E-state index in [0.717, 1.165) is 24.9 Å². The molecule has 0 aliphatic heterocycles. The standard InChI is InChI=1S/C14H32N2/c1-7-13(4)11-16(6)14(5)10-15-9-8-12(2)3/h12-15H,7-11H2,1-6H3. The van der Waals surface area contributed by atoms with Crippen molar-refractivity contribution in [3.05, 3.63) is 0 Å². The number of rotatable bonds is 9. The van der Waals surface area contributed by atoms with E-state index in [1.165, 1.54) is 19.4 Å². The highest BCUT2D eigenvalue weighted by Gasteiger charge is 2.11. The maximum absolute atomic E-state index is 3.55. The molecule has 98 valence electrons. The molecule has 0 amide bonds. The van der Waals surface area contributed by atoms with Gasteiger partial charge in [0.05, 0.1) is 0 Å². The Balaban J connectivity index is 3.58. The van der Waals surface area contributed by atoms with Crippen LogP contribution in [-0.2, 0) is 0 Å². The van der Waals surface area contributed by atoms with E-state index in [1.54, 1.807) is 0 Å². The molecule has 2 heteroatoms. The van der Waals surface area contributed by atoms with Crippen LogP contribution in [-0.4, -0.2) is 37.6 Å². The van der Waals surface area contributed by atoms with Crippen molar-refractivity contribution in [2.24, 2.45) is 11.8 Å². The second-order valence-corrected chi connectivity index (χ2v) is 5.69. The van der Waals surface area contributed by atoms with E-state index >= 15 is 0 Å². The van der Waals surface area contributed by atoms with Crippen molar-refractivity contribution in [1.29, 1.82) is 0 Å². The lowest BCUT2D eigenvalue weighted by atomic mass is 10.1. The van der Waals surface area contributed by atoms with Gasteiger partial charge in [0, 0.05) is 19.1 Å². The van der Waals surface area contributed by atoms with E-state index in [2.05, 4.69) is 51.9 Å². The van der Waals surface area contributed by atoms with Gasteiger partial charge in [0.1, 0.15) is 0 Å². The van der Waals surface area contributed by atoms with E-state index in [1.807, 2.05) is 0 Å². The van der Waals surface area contributed by atoms with Gasteiger partial charge in [0.2, 0.25) is 0 Å². The molecule has 0 bridgehead atoms. The zero-order valence-electron chi connectivity index (χ0n) is 12.2. The predicted molar refractivity (Wildman–Crippen MR) is 73.9 cm³/mol. The molecule has 2 nitrogen and oxygen atoms in total. The Morgan fingerprint density at radius 2 is 1.75 bits per heavy atom. The van der Waals surface area contributed by atoms with Crippen LogP contribution in [0.4, 0.5) is 0 Å². The first-order chi connectivity index (χ1) is 7.47. The van der Waals surface area contributed by atoms with Gasteiger partial charge in [-0.1, -0.05) is 34.1 Å². The zero-order valence-corrected chi connectivity index (χ0v) is 12.2. The fourth-order valence-electron chi connectivity index (χ4n) is 1.66. The minimum atomic E-state index is 0.640. The molecular weight excluding hydrogens is 196 g/mol. The second-order valence-electron chi connectivity index (χ2n) is 5.69. The molecule has 0 aliphatic rings. The number of hydrogen-bond acceptors (Lipinski definition) is 2. The lowest BCUT2D eigenvalue weighted by Crippen LogP contribution is -2.40. The van der Waals surface area contributed by atoms with Crippen LogP contribution in [0.3, 0.4) is 0 Å². The minimum absolute atomic E-state index is 0.640. The third-order valence-electron chi connectivity index (χ3n) is 3.39. The van der Waals surface area contributed by atoms with E-state index in [4.69, 9.17) is 0 Å². The Morgan fingerprint density at radius 3 is 2.25 bits per heavy atom. The average molecular weight is 228 g/mol. The number of nitrogens with one attached hydrogen (secondary N) is 1. The second kappa shape index (κ2) is 9.00. The summed E-state index contributed by atoms with van der Waals surface area (Å²) in [6.45, 7) is 14.9. The van der Waals surface area contributed by atoms with E-state index in [9.17, 15) is 0 Å². The van der Waals surface area contributed by atoms with Crippen molar-refractivity contribution < 1.29 is 0 Å². The summed E-state index contributed by atoms with van der Waals surface area (Å²) in [4.78, 5) is 2.47. The van der Waals surface area contributed by atoms with E-state index in [-0.39, 0.29) is 0 Å². The van der Waals surface area contributed by atoms with Crippen LogP contribution in [0.5, 0.6) is 0 Å². The molecule has 0 aliphatic carbocycles. The van der Waals surface area contributed by atoms with Gasteiger partial charge in [0.25, 0.3) is 0 Å². The van der Waals surface area contributed by atoms with Crippen molar-refractivity contribution in [1.82, 2.24) is 10.2 Å². The highest BCUT2D eigenvalue weighted by molar-refractivity contribution is 4.68. The summed E-state index contributed by atoms with van der Waals surface area (Å²) in [6, 6.07) is 0.640. The van der Waals surface area contributed by atoms with Gasteiger partial charge in [-0.15, -0.1) is 0 Å². The Labute approximate surface area is 103 Å². The number of nitrogens with zero attached hydrogens (tertiary/aromatic N) is 1. The minimum Gasteiger partial charge on any atom is -0.315 e. The van der Waals surface area contributed by atoms with Crippen LogP contribution >= 0.6 is 0 Å². The molecule has 2 atom stereocenters. The van der Waals surface area contributed by atoms with E-state index < -0.39 is 0 Å². The van der Waals surface area contributed by atoms with Crippen LogP contribution in [0, 0.1) is 11.8 Å². The quantitative estimate of drug-likeness (QED) is 0.610. The first-order valence-corrected chi connectivity index (χ1v) is 6.88. The normalized spacial score (nSPS) is 15.8. The SMILES string of the molecule is CCC(C)CN(C)C(C)CNCCC(C)C. The lowest BCUT2D eigenvalue weighted by molar-refractivity contribution is 0.217. The van der Waals surface area contributed by atoms with Gasteiger partial charge in [-0.2, -0.15) is 0 Å². The molecule has 0 aromatic carbocycles. The fraction of sp³-hybridized carbons (Fsp3) is 1.00. The van der Waals surface area contributed by atoms with E-state index in [0.29, 0.717) is 6.04 Å². The Kier molecular flexibility index (Phi) is 8.96. The van der Waals surface area contributed by atoms with Crippen LogP contribution in [0.25, 0.3) is 0 Å². The van der Waals surface area contributed by atoms with Crippen molar-refractivity contribution in [2.75, 3.05) is 26.7 Å². The summed E-state index contributed by atoms with van der Waals surface area (Å²) in [5, 5.41) is 3.55. The summed E-state index contributed by atoms with van der Waals surface area (Å²) >= 11 is 0. The van der Waals surface area contributed by atoms with Crippen LogP contribution in [0.15, 0.2) is 0 Å². The number of likely N-dealkylation sites (N-methyl/N-ethyl adjacent to an activating group) is 1. The Hall–Kier alpha value is -0.0800. The van der Waals surface area contributed by atoms with Crippen molar-refractivity contribution >= 4 is 0 Å². The van der Waals surface area contributed by atoms with Gasteiger partial charge in [0.15, 0.2) is 0 Å². The Morgan fingerprint density at radius 1 is 1.12 bits per heavy atom.